The van der Waals surface area contributed by atoms with Crippen molar-refractivity contribution >= 4 is 0 Å². The van der Waals surface area contributed by atoms with Gasteiger partial charge in [-0.2, -0.15) is 5.06 Å². The number of rotatable bonds is 3. The smallest absolute Gasteiger partial charge is 0.0995 e. The predicted octanol–water partition coefficient (Wildman–Crippen LogP) is 1.09. The fourth-order valence-corrected chi connectivity index (χ4v) is 1.31. The Morgan fingerprint density at radius 3 is 2.73 bits per heavy atom. The van der Waals surface area contributed by atoms with Crippen LogP contribution in [0.2, 0.25) is 0 Å². The molecule has 0 aliphatic heterocycles. The van der Waals surface area contributed by atoms with Crippen LogP contribution < -0.4 is 0 Å². The highest BCUT2D eigenvalue weighted by atomic mass is 16.5. The average Bonchev–Trinajstić information content (AvgIpc) is 2.67. The molecule has 0 radical (unpaired) electrons. The second kappa shape index (κ2) is 4.20. The zero-order chi connectivity index (χ0) is 10.7. The van der Waals surface area contributed by atoms with Gasteiger partial charge in [-0.15, -0.1) is 5.10 Å². The van der Waals surface area contributed by atoms with Crippen LogP contribution in [0.25, 0.3) is 5.69 Å². The molecule has 0 aliphatic carbocycles. The number of para-hydroxylation sites is 1. The SMILES string of the molecule is CN(O)Cc1cn(-c2ccccc2)nn1. The van der Waals surface area contributed by atoms with Crippen molar-refractivity contribution in [1.29, 1.82) is 0 Å². The van der Waals surface area contributed by atoms with Crippen molar-refractivity contribution in [3.05, 3.63) is 42.2 Å². The Balaban J connectivity index is 2.21. The lowest BCUT2D eigenvalue weighted by Crippen LogP contribution is -2.11. The minimum absolute atomic E-state index is 0.368. The van der Waals surface area contributed by atoms with E-state index < -0.39 is 0 Å². The van der Waals surface area contributed by atoms with Crippen LogP contribution in [0, 0.1) is 0 Å². The van der Waals surface area contributed by atoms with Crippen molar-refractivity contribution in [1.82, 2.24) is 20.1 Å². The number of hydroxylamine groups is 2. The lowest BCUT2D eigenvalue weighted by Gasteiger charge is -2.02. The minimum atomic E-state index is 0.368. The van der Waals surface area contributed by atoms with Gasteiger partial charge in [0.2, 0.25) is 0 Å². The summed E-state index contributed by atoms with van der Waals surface area (Å²) >= 11 is 0. The van der Waals surface area contributed by atoms with E-state index in [0.29, 0.717) is 6.54 Å². The molecule has 0 bridgehead atoms. The molecule has 0 spiro atoms. The molecule has 0 amide bonds. The molecule has 1 heterocycles. The van der Waals surface area contributed by atoms with Gasteiger partial charge in [-0.1, -0.05) is 23.4 Å². The molecule has 0 saturated carbocycles. The zero-order valence-corrected chi connectivity index (χ0v) is 8.41. The van der Waals surface area contributed by atoms with Gasteiger partial charge in [0.05, 0.1) is 24.1 Å². The lowest BCUT2D eigenvalue weighted by atomic mass is 10.3. The van der Waals surface area contributed by atoms with E-state index in [1.54, 1.807) is 17.9 Å². The average molecular weight is 204 g/mol. The topological polar surface area (TPSA) is 54.2 Å². The van der Waals surface area contributed by atoms with Gasteiger partial charge in [0, 0.05) is 7.05 Å². The van der Waals surface area contributed by atoms with Crippen LogP contribution in [0.4, 0.5) is 0 Å². The first kappa shape index (κ1) is 9.82. The number of nitrogens with zero attached hydrogens (tertiary/aromatic N) is 4. The van der Waals surface area contributed by atoms with E-state index in [9.17, 15) is 0 Å². The van der Waals surface area contributed by atoms with Crippen LogP contribution in [-0.2, 0) is 6.54 Å². The van der Waals surface area contributed by atoms with E-state index in [1.807, 2.05) is 30.3 Å². The van der Waals surface area contributed by atoms with E-state index in [2.05, 4.69) is 10.3 Å². The summed E-state index contributed by atoms with van der Waals surface area (Å²) in [5.74, 6) is 0. The first-order chi connectivity index (χ1) is 7.25. The monoisotopic (exact) mass is 204 g/mol. The summed E-state index contributed by atoms with van der Waals surface area (Å²) in [6.45, 7) is 0.368. The molecule has 0 unspecified atom stereocenters. The van der Waals surface area contributed by atoms with Gasteiger partial charge in [-0.3, -0.25) is 0 Å². The molecule has 5 nitrogen and oxygen atoms in total. The van der Waals surface area contributed by atoms with E-state index in [1.165, 1.54) is 0 Å². The number of hydrogen-bond acceptors (Lipinski definition) is 4. The van der Waals surface area contributed by atoms with Crippen molar-refractivity contribution in [2.45, 2.75) is 6.54 Å². The van der Waals surface area contributed by atoms with Crippen LogP contribution >= 0.6 is 0 Å². The third kappa shape index (κ3) is 2.39. The van der Waals surface area contributed by atoms with Crippen molar-refractivity contribution in [3.63, 3.8) is 0 Å². The van der Waals surface area contributed by atoms with E-state index >= 15 is 0 Å². The Hall–Kier alpha value is -1.72. The van der Waals surface area contributed by atoms with E-state index in [0.717, 1.165) is 16.4 Å². The van der Waals surface area contributed by atoms with Crippen molar-refractivity contribution < 1.29 is 5.21 Å². The van der Waals surface area contributed by atoms with E-state index in [4.69, 9.17) is 5.21 Å². The predicted molar refractivity (Wildman–Crippen MR) is 54.6 cm³/mol. The summed E-state index contributed by atoms with van der Waals surface area (Å²) < 4.78 is 1.68. The molecular formula is C10H12N4O. The number of aromatic nitrogens is 3. The summed E-state index contributed by atoms with van der Waals surface area (Å²) in [6, 6.07) is 9.72. The fraction of sp³-hybridized carbons (Fsp3) is 0.200. The van der Waals surface area contributed by atoms with Crippen molar-refractivity contribution in [2.24, 2.45) is 0 Å². The highest BCUT2D eigenvalue weighted by Gasteiger charge is 2.03. The lowest BCUT2D eigenvalue weighted by molar-refractivity contribution is -0.0740. The quantitative estimate of drug-likeness (QED) is 0.760. The summed E-state index contributed by atoms with van der Waals surface area (Å²) in [6.07, 6.45) is 1.79. The first-order valence-electron chi connectivity index (χ1n) is 4.62. The molecule has 78 valence electrons. The Kier molecular flexibility index (Phi) is 2.75. The third-order valence-electron chi connectivity index (χ3n) is 1.95. The highest BCUT2D eigenvalue weighted by molar-refractivity contribution is 5.29. The van der Waals surface area contributed by atoms with Gasteiger partial charge in [-0.05, 0) is 12.1 Å². The summed E-state index contributed by atoms with van der Waals surface area (Å²) in [4.78, 5) is 0. The summed E-state index contributed by atoms with van der Waals surface area (Å²) in [5.41, 5.74) is 1.68. The van der Waals surface area contributed by atoms with Crippen molar-refractivity contribution in [3.8, 4) is 5.69 Å². The second-order valence-electron chi connectivity index (χ2n) is 3.31. The number of hydrogen-bond donors (Lipinski definition) is 1. The molecule has 15 heavy (non-hydrogen) atoms. The van der Waals surface area contributed by atoms with Crippen LogP contribution in [-0.4, -0.2) is 32.3 Å². The number of benzene rings is 1. The molecule has 2 aromatic rings. The molecule has 0 aliphatic rings. The van der Waals surface area contributed by atoms with Gasteiger partial charge in [0.25, 0.3) is 0 Å². The Labute approximate surface area is 87.5 Å². The van der Waals surface area contributed by atoms with E-state index in [-0.39, 0.29) is 0 Å². The maximum absolute atomic E-state index is 9.04. The van der Waals surface area contributed by atoms with Gasteiger partial charge in [0.15, 0.2) is 0 Å². The summed E-state index contributed by atoms with van der Waals surface area (Å²) in [7, 11) is 1.57. The molecule has 1 N–H and O–H groups in total. The molecule has 0 atom stereocenters. The Morgan fingerprint density at radius 2 is 2.07 bits per heavy atom. The van der Waals surface area contributed by atoms with Crippen molar-refractivity contribution in [2.75, 3.05) is 7.05 Å². The first-order valence-corrected chi connectivity index (χ1v) is 4.62. The molecular weight excluding hydrogens is 192 g/mol. The Morgan fingerprint density at radius 1 is 1.33 bits per heavy atom. The second-order valence-corrected chi connectivity index (χ2v) is 3.31. The Bertz CT molecular complexity index is 424. The van der Waals surface area contributed by atoms with Crippen LogP contribution in [0.15, 0.2) is 36.5 Å². The molecule has 2 rings (SSSR count). The normalized spacial score (nSPS) is 10.9. The maximum atomic E-state index is 9.04. The van der Waals surface area contributed by atoms with Gasteiger partial charge in [-0.25, -0.2) is 4.68 Å². The molecule has 1 aromatic carbocycles. The van der Waals surface area contributed by atoms with Crippen LogP contribution in [0.1, 0.15) is 5.69 Å². The van der Waals surface area contributed by atoms with Crippen LogP contribution in [0.3, 0.4) is 0 Å². The largest absolute Gasteiger partial charge is 0.314 e. The standard InChI is InChI=1S/C10H12N4O/c1-13(15)7-9-8-14(12-11-9)10-5-3-2-4-6-10/h2-6,8,15H,7H2,1H3. The maximum Gasteiger partial charge on any atom is 0.0995 e. The highest BCUT2D eigenvalue weighted by Crippen LogP contribution is 2.06. The molecule has 0 fully saturated rings. The molecule has 0 saturated heterocycles. The van der Waals surface area contributed by atoms with Crippen LogP contribution in [0.5, 0.6) is 0 Å². The third-order valence-corrected chi connectivity index (χ3v) is 1.95. The van der Waals surface area contributed by atoms with Gasteiger partial charge in [0.1, 0.15) is 0 Å². The minimum Gasteiger partial charge on any atom is -0.314 e. The van der Waals surface area contributed by atoms with Gasteiger partial charge < -0.3 is 5.21 Å². The summed E-state index contributed by atoms with van der Waals surface area (Å²) in [5, 5.41) is 18.0. The molecule has 5 heteroatoms. The fourth-order valence-electron chi connectivity index (χ4n) is 1.31. The molecule has 1 aromatic heterocycles. The zero-order valence-electron chi connectivity index (χ0n) is 8.41. The van der Waals surface area contributed by atoms with Gasteiger partial charge >= 0.3 is 0 Å².